The van der Waals surface area contributed by atoms with Crippen molar-refractivity contribution in [1.29, 1.82) is 0 Å². The van der Waals surface area contributed by atoms with Gasteiger partial charge in [0.05, 0.1) is 6.10 Å². The number of likely N-dealkylation sites (tertiary alicyclic amines) is 1. The quantitative estimate of drug-likeness (QED) is 0.922. The van der Waals surface area contributed by atoms with Crippen molar-refractivity contribution in [2.45, 2.75) is 37.8 Å². The molecule has 126 valence electrons. The van der Waals surface area contributed by atoms with E-state index < -0.39 is 6.10 Å². The van der Waals surface area contributed by atoms with Gasteiger partial charge in [0.2, 0.25) is 11.8 Å². The zero-order valence-corrected chi connectivity index (χ0v) is 14.0. The normalized spacial score (nSPS) is 29.0. The number of β-amino-alcohol motifs (C(OH)–C–C–N with tert-alkyl or cyclic N) is 1. The Morgan fingerprint density at radius 1 is 1.33 bits per heavy atom. The Morgan fingerprint density at radius 2 is 2.08 bits per heavy atom. The van der Waals surface area contributed by atoms with Gasteiger partial charge in [-0.25, -0.2) is 0 Å². The number of aliphatic hydroxyl groups is 1. The van der Waals surface area contributed by atoms with Crippen molar-refractivity contribution in [3.8, 4) is 0 Å². The minimum absolute atomic E-state index is 0.0485. The maximum absolute atomic E-state index is 12.9. The molecule has 1 aliphatic heterocycles. The van der Waals surface area contributed by atoms with Crippen molar-refractivity contribution < 1.29 is 14.4 Å². The van der Waals surface area contributed by atoms with E-state index in [9.17, 15) is 9.90 Å². The van der Waals surface area contributed by atoms with Gasteiger partial charge in [-0.15, -0.1) is 0 Å². The third kappa shape index (κ3) is 2.80. The zero-order valence-electron chi connectivity index (χ0n) is 13.2. The second-order valence-electron chi connectivity index (χ2n) is 6.58. The summed E-state index contributed by atoms with van der Waals surface area (Å²) >= 11 is 5.92. The van der Waals surface area contributed by atoms with Crippen LogP contribution in [0.1, 0.15) is 42.1 Å². The van der Waals surface area contributed by atoms with Gasteiger partial charge in [-0.2, -0.15) is 4.98 Å². The van der Waals surface area contributed by atoms with Gasteiger partial charge in [0.25, 0.3) is 0 Å². The van der Waals surface area contributed by atoms with Crippen molar-refractivity contribution in [1.82, 2.24) is 15.0 Å². The molecule has 2 aliphatic rings. The molecule has 1 aliphatic carbocycles. The van der Waals surface area contributed by atoms with E-state index in [2.05, 4.69) is 10.1 Å². The van der Waals surface area contributed by atoms with Gasteiger partial charge in [-0.1, -0.05) is 28.9 Å². The molecule has 4 atom stereocenters. The summed E-state index contributed by atoms with van der Waals surface area (Å²) in [5.74, 6) is 1.15. The summed E-state index contributed by atoms with van der Waals surface area (Å²) in [5, 5.41) is 14.5. The standard InChI is InChI=1S/C17H18ClN3O3/c1-9-19-16(24-20-9)15-6-12(22)8-21(15)17(23)14-7-13(14)10-2-4-11(18)5-3-10/h2-5,12-15,22H,6-8H2,1H3/t12-,13-,14-,15-/m1/s1. The molecule has 24 heavy (non-hydrogen) atoms. The molecule has 0 bridgehead atoms. The lowest BCUT2D eigenvalue weighted by molar-refractivity contribution is -0.134. The minimum atomic E-state index is -0.557. The summed E-state index contributed by atoms with van der Waals surface area (Å²) in [5.41, 5.74) is 1.13. The summed E-state index contributed by atoms with van der Waals surface area (Å²) < 4.78 is 5.22. The molecule has 1 N–H and O–H groups in total. The number of hydrogen-bond donors (Lipinski definition) is 1. The lowest BCUT2D eigenvalue weighted by atomic mass is 10.1. The first kappa shape index (κ1) is 15.6. The number of aryl methyl sites for hydroxylation is 1. The topological polar surface area (TPSA) is 79.5 Å². The maximum Gasteiger partial charge on any atom is 0.249 e. The highest BCUT2D eigenvalue weighted by Crippen LogP contribution is 2.50. The second kappa shape index (κ2) is 5.86. The van der Waals surface area contributed by atoms with Crippen LogP contribution in [0.3, 0.4) is 0 Å². The minimum Gasteiger partial charge on any atom is -0.391 e. The summed E-state index contributed by atoms with van der Waals surface area (Å²) in [7, 11) is 0. The molecule has 1 aromatic carbocycles. The first-order valence-corrected chi connectivity index (χ1v) is 8.45. The fraction of sp³-hybridized carbons (Fsp3) is 0.471. The predicted octanol–water partition coefficient (Wildman–Crippen LogP) is 2.47. The van der Waals surface area contributed by atoms with Gasteiger partial charge >= 0.3 is 0 Å². The third-order valence-electron chi connectivity index (χ3n) is 4.80. The number of benzene rings is 1. The average Bonchev–Trinajstić information content (AvgIpc) is 3.09. The number of halogens is 1. The molecule has 1 saturated carbocycles. The van der Waals surface area contributed by atoms with Gasteiger partial charge in [-0.05, 0) is 37.0 Å². The van der Waals surface area contributed by atoms with E-state index in [1.165, 1.54) is 0 Å². The molecule has 4 rings (SSSR count). The van der Waals surface area contributed by atoms with Crippen LogP contribution >= 0.6 is 11.6 Å². The number of amides is 1. The fourth-order valence-electron chi connectivity index (χ4n) is 3.50. The largest absolute Gasteiger partial charge is 0.391 e. The molecular weight excluding hydrogens is 330 g/mol. The molecule has 6 nitrogen and oxygen atoms in total. The Morgan fingerprint density at radius 3 is 2.75 bits per heavy atom. The summed E-state index contributed by atoms with van der Waals surface area (Å²) in [6.07, 6.45) is 0.702. The number of hydrogen-bond acceptors (Lipinski definition) is 5. The second-order valence-corrected chi connectivity index (χ2v) is 7.01. The van der Waals surface area contributed by atoms with Crippen molar-refractivity contribution in [3.63, 3.8) is 0 Å². The van der Waals surface area contributed by atoms with Gasteiger partial charge in [0.1, 0.15) is 6.04 Å². The monoisotopic (exact) mass is 347 g/mol. The Hall–Kier alpha value is -1.92. The maximum atomic E-state index is 12.9. The van der Waals surface area contributed by atoms with E-state index >= 15 is 0 Å². The van der Waals surface area contributed by atoms with E-state index in [1.807, 2.05) is 24.3 Å². The van der Waals surface area contributed by atoms with Crippen LogP contribution in [0.2, 0.25) is 5.02 Å². The Bertz CT molecular complexity index is 761. The third-order valence-corrected chi connectivity index (χ3v) is 5.05. The molecule has 7 heteroatoms. The molecule has 1 amide bonds. The van der Waals surface area contributed by atoms with Crippen LogP contribution in [0.5, 0.6) is 0 Å². The van der Waals surface area contributed by atoms with Crippen LogP contribution in [0.15, 0.2) is 28.8 Å². The van der Waals surface area contributed by atoms with Crippen LogP contribution in [-0.2, 0) is 4.79 Å². The number of aromatic nitrogens is 2. The van der Waals surface area contributed by atoms with Crippen LogP contribution in [-0.4, -0.2) is 38.7 Å². The average molecular weight is 348 g/mol. The SMILES string of the molecule is Cc1noc([C@H]2C[C@@H](O)CN2C(=O)[C@@H]2C[C@@H]2c2ccc(Cl)cc2)n1. The van der Waals surface area contributed by atoms with Gasteiger partial charge in [0, 0.05) is 23.9 Å². The number of aliphatic hydroxyl groups excluding tert-OH is 1. The number of carbonyl (C=O) groups excluding carboxylic acids is 1. The molecule has 0 spiro atoms. The molecule has 1 aromatic heterocycles. The lowest BCUT2D eigenvalue weighted by Crippen LogP contribution is -2.33. The van der Waals surface area contributed by atoms with E-state index in [0.717, 1.165) is 12.0 Å². The van der Waals surface area contributed by atoms with Gasteiger partial charge in [-0.3, -0.25) is 4.79 Å². The molecule has 2 fully saturated rings. The molecular formula is C17H18ClN3O3. The molecule has 0 radical (unpaired) electrons. The Balaban J connectivity index is 1.50. The molecule has 2 aromatic rings. The van der Waals surface area contributed by atoms with Crippen molar-refractivity contribution in [2.24, 2.45) is 5.92 Å². The van der Waals surface area contributed by atoms with Crippen LogP contribution in [0.25, 0.3) is 0 Å². The van der Waals surface area contributed by atoms with Gasteiger partial charge in [0.15, 0.2) is 5.82 Å². The predicted molar refractivity (Wildman–Crippen MR) is 86.4 cm³/mol. The van der Waals surface area contributed by atoms with E-state index in [1.54, 1.807) is 11.8 Å². The number of carbonyl (C=O) groups is 1. The molecule has 1 saturated heterocycles. The van der Waals surface area contributed by atoms with E-state index in [-0.39, 0.29) is 23.8 Å². The zero-order chi connectivity index (χ0) is 16.8. The lowest BCUT2D eigenvalue weighted by Gasteiger charge is -2.21. The number of rotatable bonds is 3. The summed E-state index contributed by atoms with van der Waals surface area (Å²) in [4.78, 5) is 18.8. The van der Waals surface area contributed by atoms with Gasteiger partial charge < -0.3 is 14.5 Å². The highest BCUT2D eigenvalue weighted by Gasteiger charge is 2.49. The van der Waals surface area contributed by atoms with E-state index in [0.29, 0.717) is 29.7 Å². The van der Waals surface area contributed by atoms with E-state index in [4.69, 9.17) is 16.1 Å². The highest BCUT2D eigenvalue weighted by molar-refractivity contribution is 6.30. The first-order chi connectivity index (χ1) is 11.5. The van der Waals surface area contributed by atoms with Crippen LogP contribution in [0.4, 0.5) is 0 Å². The Kier molecular flexibility index (Phi) is 3.81. The molecule has 0 unspecified atom stereocenters. The highest BCUT2D eigenvalue weighted by atomic mass is 35.5. The van der Waals surface area contributed by atoms with Crippen molar-refractivity contribution >= 4 is 17.5 Å². The first-order valence-electron chi connectivity index (χ1n) is 8.07. The van der Waals surface area contributed by atoms with Crippen molar-refractivity contribution in [2.75, 3.05) is 6.54 Å². The molecule has 2 heterocycles. The summed E-state index contributed by atoms with van der Waals surface area (Å²) in [6.45, 7) is 2.05. The fourth-order valence-corrected chi connectivity index (χ4v) is 3.63. The van der Waals surface area contributed by atoms with Crippen LogP contribution in [0, 0.1) is 12.8 Å². The number of nitrogens with zero attached hydrogens (tertiary/aromatic N) is 3. The Labute approximate surface area is 144 Å². The smallest absolute Gasteiger partial charge is 0.249 e. The summed E-state index contributed by atoms with van der Waals surface area (Å²) in [6, 6.07) is 7.30. The van der Waals surface area contributed by atoms with Crippen molar-refractivity contribution in [3.05, 3.63) is 46.6 Å². The van der Waals surface area contributed by atoms with Crippen LogP contribution < -0.4 is 0 Å².